The molecule has 0 spiro atoms. The number of nitrogens with two attached hydrogens (primary N) is 1. The summed E-state index contributed by atoms with van der Waals surface area (Å²) in [7, 11) is 0. The van der Waals surface area contributed by atoms with Gasteiger partial charge in [0.05, 0.1) is 12.4 Å². The normalized spacial score (nSPS) is 18.8. The highest BCUT2D eigenvalue weighted by atomic mass is 16.4. The van der Waals surface area contributed by atoms with Crippen molar-refractivity contribution in [1.29, 1.82) is 0 Å². The van der Waals surface area contributed by atoms with E-state index in [2.05, 4.69) is 20.6 Å². The molecule has 0 aliphatic carbocycles. The van der Waals surface area contributed by atoms with Gasteiger partial charge < -0.3 is 36.5 Å². The largest absolute Gasteiger partial charge is 0.481 e. The second kappa shape index (κ2) is 12.8. The minimum atomic E-state index is -1.12. The molecule has 0 radical (unpaired) electrons. The number of hydrogen-bond acceptors (Lipinski definition) is 7. The Morgan fingerprint density at radius 2 is 1.94 bits per heavy atom. The Labute approximate surface area is 202 Å². The molecule has 1 saturated heterocycles. The number of amides is 3. The number of carboxylic acid groups (broad SMARTS) is 2. The van der Waals surface area contributed by atoms with Crippen molar-refractivity contribution in [3.05, 3.63) is 18.2 Å². The van der Waals surface area contributed by atoms with Crippen molar-refractivity contribution in [1.82, 2.24) is 25.5 Å². The van der Waals surface area contributed by atoms with Crippen molar-refractivity contribution in [2.75, 3.05) is 6.54 Å². The van der Waals surface area contributed by atoms with Gasteiger partial charge in [-0.1, -0.05) is 20.3 Å². The fraction of sp³-hybridized carbons (Fsp3) is 0.636. The van der Waals surface area contributed by atoms with E-state index >= 15 is 0 Å². The van der Waals surface area contributed by atoms with Gasteiger partial charge in [0.1, 0.15) is 18.1 Å². The maximum atomic E-state index is 13.3. The molecule has 0 aromatic carbocycles. The molecule has 5 atom stereocenters. The van der Waals surface area contributed by atoms with Gasteiger partial charge in [-0.15, -0.1) is 0 Å². The van der Waals surface area contributed by atoms with E-state index in [0.29, 0.717) is 25.0 Å². The van der Waals surface area contributed by atoms with Crippen molar-refractivity contribution in [3.8, 4) is 0 Å². The van der Waals surface area contributed by atoms with E-state index in [1.165, 1.54) is 17.4 Å². The third-order valence-electron chi connectivity index (χ3n) is 6.21. The molecule has 1 fully saturated rings. The van der Waals surface area contributed by atoms with Gasteiger partial charge >= 0.3 is 11.9 Å². The summed E-state index contributed by atoms with van der Waals surface area (Å²) in [5.74, 6) is -4.36. The Morgan fingerprint density at radius 1 is 1.23 bits per heavy atom. The van der Waals surface area contributed by atoms with E-state index in [9.17, 15) is 29.1 Å². The number of carbonyl (C=O) groups is 5. The van der Waals surface area contributed by atoms with Crippen molar-refractivity contribution in [3.63, 3.8) is 0 Å². The number of carboxylic acids is 2. The predicted octanol–water partition coefficient (Wildman–Crippen LogP) is -0.764. The van der Waals surface area contributed by atoms with E-state index in [-0.39, 0.29) is 31.7 Å². The third-order valence-corrected chi connectivity index (χ3v) is 6.21. The van der Waals surface area contributed by atoms with Crippen LogP contribution in [0.1, 0.15) is 51.6 Å². The lowest BCUT2D eigenvalue weighted by atomic mass is 9.96. The molecule has 0 bridgehead atoms. The van der Waals surface area contributed by atoms with Crippen LogP contribution in [0.2, 0.25) is 0 Å². The van der Waals surface area contributed by atoms with Crippen molar-refractivity contribution >= 4 is 29.7 Å². The van der Waals surface area contributed by atoms with Gasteiger partial charge in [-0.25, -0.2) is 9.78 Å². The van der Waals surface area contributed by atoms with Crippen molar-refractivity contribution < 1.29 is 34.2 Å². The second-order valence-electron chi connectivity index (χ2n) is 8.78. The maximum absolute atomic E-state index is 13.3. The molecule has 13 nitrogen and oxygen atoms in total. The van der Waals surface area contributed by atoms with Gasteiger partial charge in [-0.05, 0) is 25.2 Å². The number of carbonyl (C=O) groups excluding carboxylic acids is 3. The Bertz CT molecular complexity index is 906. The monoisotopic (exact) mass is 494 g/mol. The summed E-state index contributed by atoms with van der Waals surface area (Å²) >= 11 is 0. The molecule has 194 valence electrons. The molecule has 1 aliphatic heterocycles. The highest BCUT2D eigenvalue weighted by Gasteiger charge is 2.39. The molecule has 7 N–H and O–H groups in total. The molecule has 3 amide bonds. The molecule has 0 saturated carbocycles. The van der Waals surface area contributed by atoms with Crippen LogP contribution in [0.5, 0.6) is 0 Å². The molecular formula is C22H34N6O7. The minimum Gasteiger partial charge on any atom is -0.481 e. The van der Waals surface area contributed by atoms with Crippen LogP contribution in [0.25, 0.3) is 0 Å². The minimum absolute atomic E-state index is 0.0483. The standard InChI is InChI=1S/C22H34N6O7/c1-3-12(2)18(27-19(31)14(23)6-7-17(29)30)20(32)26-15(9-13-10-24-11-25-13)21(33)28-8-4-5-16(28)22(34)35/h10-12,14-16,18H,3-9,23H2,1-2H3,(H,24,25)(H,26,32)(H,27,31)(H,29,30)(H,34,35). The summed E-state index contributed by atoms with van der Waals surface area (Å²) < 4.78 is 0. The highest BCUT2D eigenvalue weighted by Crippen LogP contribution is 2.20. The first-order valence-corrected chi connectivity index (χ1v) is 11.6. The lowest BCUT2D eigenvalue weighted by Gasteiger charge is -2.30. The smallest absolute Gasteiger partial charge is 0.326 e. The van der Waals surface area contributed by atoms with Crippen LogP contribution in [0.3, 0.4) is 0 Å². The van der Waals surface area contributed by atoms with Gasteiger partial charge in [0, 0.05) is 31.3 Å². The highest BCUT2D eigenvalue weighted by molar-refractivity contribution is 5.94. The van der Waals surface area contributed by atoms with Crippen LogP contribution >= 0.6 is 0 Å². The van der Waals surface area contributed by atoms with E-state index in [0.717, 1.165) is 0 Å². The van der Waals surface area contributed by atoms with Gasteiger partial charge in [-0.2, -0.15) is 0 Å². The lowest BCUT2D eigenvalue weighted by molar-refractivity contribution is -0.149. The number of rotatable bonds is 13. The Hall–Kier alpha value is -3.48. The van der Waals surface area contributed by atoms with Crippen LogP contribution in [-0.2, 0) is 30.4 Å². The number of nitrogens with one attached hydrogen (secondary N) is 3. The summed E-state index contributed by atoms with van der Waals surface area (Å²) in [5.41, 5.74) is 6.35. The zero-order chi connectivity index (χ0) is 26.1. The summed E-state index contributed by atoms with van der Waals surface area (Å²) in [4.78, 5) is 69.5. The summed E-state index contributed by atoms with van der Waals surface area (Å²) in [6.45, 7) is 3.84. The van der Waals surface area contributed by atoms with Crippen molar-refractivity contribution in [2.45, 2.75) is 76.5 Å². The van der Waals surface area contributed by atoms with Crippen LogP contribution in [0.4, 0.5) is 0 Å². The number of imidazole rings is 1. The first kappa shape index (κ1) is 27.8. The van der Waals surface area contributed by atoms with E-state index in [1.807, 2.05) is 6.92 Å². The van der Waals surface area contributed by atoms with Crippen LogP contribution < -0.4 is 16.4 Å². The average Bonchev–Trinajstić information content (AvgIpc) is 3.51. The lowest BCUT2D eigenvalue weighted by Crippen LogP contribution is -2.59. The first-order valence-electron chi connectivity index (χ1n) is 11.6. The Balaban J connectivity index is 2.20. The number of H-pyrrole nitrogens is 1. The van der Waals surface area contributed by atoms with Gasteiger partial charge in [0.15, 0.2) is 0 Å². The Morgan fingerprint density at radius 3 is 2.51 bits per heavy atom. The molecule has 1 aliphatic rings. The van der Waals surface area contributed by atoms with Gasteiger partial charge in [0.2, 0.25) is 17.7 Å². The molecule has 2 heterocycles. The molecule has 1 aromatic heterocycles. The predicted molar refractivity (Wildman–Crippen MR) is 123 cm³/mol. The number of nitrogens with zero attached hydrogens (tertiary/aromatic N) is 2. The van der Waals surface area contributed by atoms with E-state index < -0.39 is 53.8 Å². The molecule has 2 rings (SSSR count). The topological polar surface area (TPSA) is 208 Å². The molecule has 1 aromatic rings. The fourth-order valence-electron chi connectivity index (χ4n) is 3.94. The number of hydrogen-bond donors (Lipinski definition) is 6. The quantitative estimate of drug-likeness (QED) is 0.203. The number of aromatic amines is 1. The Kier molecular flexibility index (Phi) is 10.2. The van der Waals surface area contributed by atoms with E-state index in [1.54, 1.807) is 6.92 Å². The fourth-order valence-corrected chi connectivity index (χ4v) is 3.94. The summed E-state index contributed by atoms with van der Waals surface area (Å²) in [6, 6.07) is -4.21. The zero-order valence-corrected chi connectivity index (χ0v) is 19.9. The van der Waals surface area contributed by atoms with Crippen LogP contribution in [0.15, 0.2) is 12.5 Å². The molecule has 5 unspecified atom stereocenters. The van der Waals surface area contributed by atoms with Gasteiger partial charge in [-0.3, -0.25) is 19.2 Å². The van der Waals surface area contributed by atoms with Crippen molar-refractivity contribution in [2.24, 2.45) is 11.7 Å². The number of likely N-dealkylation sites (tertiary alicyclic amines) is 1. The molecule has 13 heteroatoms. The SMILES string of the molecule is CCC(C)C(NC(=O)C(N)CCC(=O)O)C(=O)NC(Cc1cnc[nH]1)C(=O)N1CCCC1C(=O)O. The zero-order valence-electron chi connectivity index (χ0n) is 19.9. The maximum Gasteiger partial charge on any atom is 0.326 e. The van der Waals surface area contributed by atoms with Crippen LogP contribution in [-0.4, -0.2) is 85.5 Å². The average molecular weight is 495 g/mol. The number of aromatic nitrogens is 2. The summed E-state index contributed by atoms with van der Waals surface area (Å²) in [5, 5.41) is 23.6. The second-order valence-corrected chi connectivity index (χ2v) is 8.78. The molecular weight excluding hydrogens is 460 g/mol. The molecule has 35 heavy (non-hydrogen) atoms. The number of aliphatic carboxylic acids is 2. The van der Waals surface area contributed by atoms with Gasteiger partial charge in [0.25, 0.3) is 0 Å². The summed E-state index contributed by atoms with van der Waals surface area (Å²) in [6.07, 6.45) is 3.97. The first-order chi connectivity index (χ1) is 16.5. The van der Waals surface area contributed by atoms with E-state index in [4.69, 9.17) is 10.8 Å². The van der Waals surface area contributed by atoms with Crippen LogP contribution in [0, 0.1) is 5.92 Å². The third kappa shape index (κ3) is 7.77.